The summed E-state index contributed by atoms with van der Waals surface area (Å²) in [4.78, 5) is 4.36. The van der Waals surface area contributed by atoms with Crippen LogP contribution in [0.2, 0.25) is 5.02 Å². The van der Waals surface area contributed by atoms with Crippen molar-refractivity contribution in [2.24, 2.45) is 7.05 Å². The van der Waals surface area contributed by atoms with Crippen LogP contribution in [0.25, 0.3) is 0 Å². The molecule has 0 aliphatic carbocycles. The summed E-state index contributed by atoms with van der Waals surface area (Å²) < 4.78 is 29.4. The third-order valence-electron chi connectivity index (χ3n) is 3.78. The molecule has 2 heterocycles. The van der Waals surface area contributed by atoms with E-state index in [1.54, 1.807) is 49.1 Å². The zero-order valence-electron chi connectivity index (χ0n) is 13.1. The highest BCUT2D eigenvalue weighted by Gasteiger charge is 2.33. The molecule has 0 spiro atoms. The van der Waals surface area contributed by atoms with E-state index in [1.807, 2.05) is 23.7 Å². The van der Waals surface area contributed by atoms with Gasteiger partial charge >= 0.3 is 0 Å². The molecule has 8 heteroatoms. The molecule has 2 aromatic heterocycles. The van der Waals surface area contributed by atoms with Crippen molar-refractivity contribution in [3.05, 3.63) is 70.6 Å². The summed E-state index contributed by atoms with van der Waals surface area (Å²) in [5.74, 6) is 0.639. The normalized spacial score (nSPS) is 13.3. The Bertz CT molecular complexity index is 919. The van der Waals surface area contributed by atoms with Crippen molar-refractivity contribution >= 4 is 33.0 Å². The molecule has 3 rings (SSSR count). The van der Waals surface area contributed by atoms with Gasteiger partial charge in [0.2, 0.25) is 0 Å². The van der Waals surface area contributed by atoms with E-state index in [9.17, 15) is 8.42 Å². The summed E-state index contributed by atoms with van der Waals surface area (Å²) in [6, 6.07) is 9.92. The molecule has 3 aromatic rings. The topological polar surface area (TPSA) is 55.2 Å². The molecule has 5 nitrogen and oxygen atoms in total. The van der Waals surface area contributed by atoms with E-state index in [0.29, 0.717) is 15.1 Å². The van der Waals surface area contributed by atoms with Crippen molar-refractivity contribution in [3.63, 3.8) is 0 Å². The zero-order valence-corrected chi connectivity index (χ0v) is 15.5. The Morgan fingerprint density at radius 3 is 2.50 bits per heavy atom. The SMILES string of the molecule is CN(C(c1ccc(Cl)cc1)c1nccn1C)S(=O)(=O)c1cccs1. The van der Waals surface area contributed by atoms with Gasteiger partial charge in [0.25, 0.3) is 10.0 Å². The van der Waals surface area contributed by atoms with Crippen molar-refractivity contribution in [2.45, 2.75) is 10.3 Å². The Morgan fingerprint density at radius 1 is 1.25 bits per heavy atom. The Kier molecular flexibility index (Phi) is 4.78. The van der Waals surface area contributed by atoms with Gasteiger partial charge in [-0.05, 0) is 29.1 Å². The number of thiophene rings is 1. The molecule has 1 aromatic carbocycles. The van der Waals surface area contributed by atoms with Crippen LogP contribution in [0.5, 0.6) is 0 Å². The molecular formula is C16H16ClN3O2S2. The Balaban J connectivity index is 2.11. The lowest BCUT2D eigenvalue weighted by Crippen LogP contribution is -2.33. The van der Waals surface area contributed by atoms with Gasteiger partial charge in [-0.2, -0.15) is 4.31 Å². The minimum absolute atomic E-state index is 0.304. The van der Waals surface area contributed by atoms with Gasteiger partial charge < -0.3 is 4.57 Å². The van der Waals surface area contributed by atoms with Crippen LogP contribution in [0.15, 0.2) is 58.4 Å². The Labute approximate surface area is 150 Å². The molecular weight excluding hydrogens is 366 g/mol. The van der Waals surface area contributed by atoms with Gasteiger partial charge in [0.1, 0.15) is 16.1 Å². The lowest BCUT2D eigenvalue weighted by Gasteiger charge is -2.27. The predicted molar refractivity (Wildman–Crippen MR) is 95.8 cm³/mol. The molecule has 0 aliphatic rings. The second-order valence-electron chi connectivity index (χ2n) is 5.30. The van der Waals surface area contributed by atoms with Crippen LogP contribution < -0.4 is 0 Å². The Morgan fingerprint density at radius 2 is 1.96 bits per heavy atom. The van der Waals surface area contributed by atoms with E-state index in [2.05, 4.69) is 4.98 Å². The van der Waals surface area contributed by atoms with Gasteiger partial charge in [0, 0.05) is 31.5 Å². The van der Waals surface area contributed by atoms with Crippen molar-refractivity contribution in [3.8, 4) is 0 Å². The number of aromatic nitrogens is 2. The lowest BCUT2D eigenvalue weighted by molar-refractivity contribution is 0.399. The highest BCUT2D eigenvalue weighted by atomic mass is 35.5. The standard InChI is InChI=1S/C16H16ClN3O2S2/c1-19-10-9-18-16(19)15(12-5-7-13(17)8-6-12)20(2)24(21,22)14-4-3-11-23-14/h3-11,15H,1-2H3. The summed E-state index contributed by atoms with van der Waals surface area (Å²) in [5, 5.41) is 2.35. The molecule has 24 heavy (non-hydrogen) atoms. The second-order valence-corrected chi connectivity index (χ2v) is 8.91. The third kappa shape index (κ3) is 3.12. The average Bonchev–Trinajstić information content (AvgIpc) is 3.22. The molecule has 0 amide bonds. The fraction of sp³-hybridized carbons (Fsp3) is 0.188. The van der Waals surface area contributed by atoms with Crippen LogP contribution in [0.3, 0.4) is 0 Å². The van der Waals surface area contributed by atoms with Crippen molar-refractivity contribution in [1.29, 1.82) is 0 Å². The molecule has 126 valence electrons. The fourth-order valence-corrected chi connectivity index (χ4v) is 5.11. The van der Waals surface area contributed by atoms with E-state index >= 15 is 0 Å². The number of nitrogens with zero attached hydrogens (tertiary/aromatic N) is 3. The molecule has 0 saturated carbocycles. The number of halogens is 1. The number of rotatable bonds is 5. The molecule has 0 N–H and O–H groups in total. The van der Waals surface area contributed by atoms with Crippen LogP contribution in [0.4, 0.5) is 0 Å². The molecule has 1 atom stereocenters. The first-order valence-corrected chi connectivity index (χ1v) is 9.85. The smallest absolute Gasteiger partial charge is 0.253 e. The minimum Gasteiger partial charge on any atom is -0.336 e. The molecule has 0 fully saturated rings. The maximum Gasteiger partial charge on any atom is 0.253 e. The quantitative estimate of drug-likeness (QED) is 0.679. The highest BCUT2D eigenvalue weighted by molar-refractivity contribution is 7.91. The summed E-state index contributed by atoms with van der Waals surface area (Å²) in [6.07, 6.45) is 3.45. The Hall–Kier alpha value is -1.67. The van der Waals surface area contributed by atoms with Crippen LogP contribution in [-0.4, -0.2) is 29.3 Å². The van der Waals surface area contributed by atoms with E-state index < -0.39 is 16.1 Å². The van der Waals surface area contributed by atoms with Crippen LogP contribution in [0, 0.1) is 0 Å². The van der Waals surface area contributed by atoms with Crippen molar-refractivity contribution < 1.29 is 8.42 Å². The first-order valence-electron chi connectivity index (χ1n) is 7.15. The molecule has 0 saturated heterocycles. The van der Waals surface area contributed by atoms with Gasteiger partial charge in [-0.3, -0.25) is 0 Å². The third-order valence-corrected chi connectivity index (χ3v) is 7.23. The molecule has 0 bridgehead atoms. The maximum atomic E-state index is 13.0. The summed E-state index contributed by atoms with van der Waals surface area (Å²) in [6.45, 7) is 0. The number of hydrogen-bond donors (Lipinski definition) is 0. The average molecular weight is 382 g/mol. The molecule has 1 unspecified atom stereocenters. The van der Waals surface area contributed by atoms with Gasteiger partial charge in [0.15, 0.2) is 0 Å². The summed E-state index contributed by atoms with van der Waals surface area (Å²) in [5.41, 5.74) is 0.802. The van der Waals surface area contributed by atoms with Crippen LogP contribution >= 0.6 is 22.9 Å². The number of benzene rings is 1. The van der Waals surface area contributed by atoms with Crippen LogP contribution in [0.1, 0.15) is 17.4 Å². The van der Waals surface area contributed by atoms with E-state index in [-0.39, 0.29) is 0 Å². The minimum atomic E-state index is -3.63. The van der Waals surface area contributed by atoms with Gasteiger partial charge in [0.05, 0.1) is 0 Å². The summed E-state index contributed by atoms with van der Waals surface area (Å²) in [7, 11) is -0.214. The predicted octanol–water partition coefficient (Wildman–Crippen LogP) is 3.55. The van der Waals surface area contributed by atoms with E-state index in [1.165, 1.54) is 15.6 Å². The number of hydrogen-bond acceptors (Lipinski definition) is 4. The highest BCUT2D eigenvalue weighted by Crippen LogP contribution is 2.32. The fourth-order valence-electron chi connectivity index (χ4n) is 2.50. The molecule has 0 aliphatic heterocycles. The van der Waals surface area contributed by atoms with Gasteiger partial charge in [-0.1, -0.05) is 29.8 Å². The molecule has 0 radical (unpaired) electrons. The largest absolute Gasteiger partial charge is 0.336 e. The first-order chi connectivity index (χ1) is 11.4. The second kappa shape index (κ2) is 6.68. The van der Waals surface area contributed by atoms with E-state index in [4.69, 9.17) is 11.6 Å². The monoisotopic (exact) mass is 381 g/mol. The van der Waals surface area contributed by atoms with E-state index in [0.717, 1.165) is 5.56 Å². The lowest BCUT2D eigenvalue weighted by atomic mass is 10.1. The number of aryl methyl sites for hydroxylation is 1. The number of imidazole rings is 1. The maximum absolute atomic E-state index is 13.0. The van der Waals surface area contributed by atoms with Gasteiger partial charge in [-0.15, -0.1) is 11.3 Å². The van der Waals surface area contributed by atoms with Crippen molar-refractivity contribution in [1.82, 2.24) is 13.9 Å². The van der Waals surface area contributed by atoms with Crippen molar-refractivity contribution in [2.75, 3.05) is 7.05 Å². The first kappa shape index (κ1) is 17.2. The van der Waals surface area contributed by atoms with Crippen LogP contribution in [-0.2, 0) is 17.1 Å². The summed E-state index contributed by atoms with van der Waals surface area (Å²) >= 11 is 7.17. The van der Waals surface area contributed by atoms with Gasteiger partial charge in [-0.25, -0.2) is 13.4 Å². The zero-order chi connectivity index (χ0) is 17.3. The number of sulfonamides is 1.